The number of piperazine rings is 1. The average molecular weight is 305 g/mol. The summed E-state index contributed by atoms with van der Waals surface area (Å²) in [7, 11) is 0. The Hall–Kier alpha value is -1.62. The van der Waals surface area contributed by atoms with Crippen molar-refractivity contribution in [1.82, 2.24) is 14.8 Å². The van der Waals surface area contributed by atoms with Gasteiger partial charge in [-0.15, -0.1) is 0 Å². The van der Waals surface area contributed by atoms with E-state index in [-0.39, 0.29) is 6.09 Å². The predicted octanol–water partition coefficient (Wildman–Crippen LogP) is 3.09. The van der Waals surface area contributed by atoms with Crippen molar-refractivity contribution in [3.8, 4) is 0 Å². The number of ether oxygens (including phenoxy) is 1. The molecule has 1 aliphatic heterocycles. The molecule has 5 heteroatoms. The van der Waals surface area contributed by atoms with Gasteiger partial charge in [-0.3, -0.25) is 9.88 Å². The number of carbonyl (C=O) groups excluding carboxylic acids is 1. The SMILES string of the molecule is CC[C@@H](c1ccccn1)N1CCN(C(=O)OC(C)(C)C)CC1. The van der Waals surface area contributed by atoms with Crippen LogP contribution in [-0.4, -0.2) is 52.7 Å². The summed E-state index contributed by atoms with van der Waals surface area (Å²) in [5.41, 5.74) is 0.671. The number of amides is 1. The predicted molar refractivity (Wildman–Crippen MR) is 86.6 cm³/mol. The van der Waals surface area contributed by atoms with Crippen molar-refractivity contribution in [3.05, 3.63) is 30.1 Å². The molecule has 0 bridgehead atoms. The number of hydrogen-bond acceptors (Lipinski definition) is 4. The minimum Gasteiger partial charge on any atom is -0.444 e. The zero-order valence-electron chi connectivity index (χ0n) is 14.1. The van der Waals surface area contributed by atoms with Crippen LogP contribution in [-0.2, 0) is 4.74 Å². The fraction of sp³-hybridized carbons (Fsp3) is 0.647. The normalized spacial score (nSPS) is 18.1. The molecule has 0 aromatic carbocycles. The van der Waals surface area contributed by atoms with Crippen molar-refractivity contribution in [2.24, 2.45) is 0 Å². The van der Waals surface area contributed by atoms with Crippen molar-refractivity contribution in [1.29, 1.82) is 0 Å². The lowest BCUT2D eigenvalue weighted by Gasteiger charge is -2.39. The van der Waals surface area contributed by atoms with Crippen molar-refractivity contribution in [3.63, 3.8) is 0 Å². The van der Waals surface area contributed by atoms with Gasteiger partial charge in [0.05, 0.1) is 11.7 Å². The molecule has 1 aromatic heterocycles. The number of nitrogens with zero attached hydrogens (tertiary/aromatic N) is 3. The Morgan fingerprint density at radius 2 is 1.95 bits per heavy atom. The van der Waals surface area contributed by atoms with E-state index in [2.05, 4.69) is 22.9 Å². The molecule has 122 valence electrons. The molecule has 0 aliphatic carbocycles. The topological polar surface area (TPSA) is 45.7 Å². The van der Waals surface area contributed by atoms with Gasteiger partial charge < -0.3 is 9.64 Å². The van der Waals surface area contributed by atoms with E-state index < -0.39 is 5.60 Å². The second-order valence-corrected chi connectivity index (χ2v) is 6.68. The summed E-state index contributed by atoms with van der Waals surface area (Å²) in [5.74, 6) is 0. The molecule has 1 saturated heterocycles. The molecule has 0 spiro atoms. The van der Waals surface area contributed by atoms with Gasteiger partial charge in [0.15, 0.2) is 0 Å². The Kier molecular flexibility index (Phi) is 5.40. The molecule has 5 nitrogen and oxygen atoms in total. The molecule has 0 radical (unpaired) electrons. The lowest BCUT2D eigenvalue weighted by Crippen LogP contribution is -2.50. The molecule has 1 atom stereocenters. The monoisotopic (exact) mass is 305 g/mol. The first-order valence-corrected chi connectivity index (χ1v) is 8.03. The van der Waals surface area contributed by atoms with Crippen LogP contribution in [0.3, 0.4) is 0 Å². The van der Waals surface area contributed by atoms with Crippen LogP contribution in [0.4, 0.5) is 4.79 Å². The lowest BCUT2D eigenvalue weighted by atomic mass is 10.1. The van der Waals surface area contributed by atoms with Gasteiger partial charge >= 0.3 is 6.09 Å². The molecule has 1 aliphatic rings. The Morgan fingerprint density at radius 3 is 2.45 bits per heavy atom. The van der Waals surface area contributed by atoms with Gasteiger partial charge in [0.2, 0.25) is 0 Å². The Morgan fingerprint density at radius 1 is 1.27 bits per heavy atom. The van der Waals surface area contributed by atoms with Crippen molar-refractivity contribution in [2.75, 3.05) is 26.2 Å². The summed E-state index contributed by atoms with van der Waals surface area (Å²) in [5, 5.41) is 0. The van der Waals surface area contributed by atoms with E-state index in [1.807, 2.05) is 39.1 Å². The summed E-state index contributed by atoms with van der Waals surface area (Å²) < 4.78 is 5.44. The van der Waals surface area contributed by atoms with Gasteiger partial charge in [-0.2, -0.15) is 0 Å². The van der Waals surface area contributed by atoms with Gasteiger partial charge in [-0.1, -0.05) is 13.0 Å². The highest BCUT2D eigenvalue weighted by molar-refractivity contribution is 5.68. The van der Waals surface area contributed by atoms with E-state index in [0.717, 1.165) is 25.2 Å². The fourth-order valence-electron chi connectivity index (χ4n) is 2.77. The summed E-state index contributed by atoms with van der Waals surface area (Å²) in [6.45, 7) is 11.0. The van der Waals surface area contributed by atoms with Gasteiger partial charge in [0.1, 0.15) is 5.60 Å². The van der Waals surface area contributed by atoms with Crippen LogP contribution in [0.2, 0.25) is 0 Å². The molecule has 1 fully saturated rings. The first-order valence-electron chi connectivity index (χ1n) is 8.03. The first kappa shape index (κ1) is 16.7. The van der Waals surface area contributed by atoms with E-state index in [1.165, 1.54) is 0 Å². The minimum absolute atomic E-state index is 0.210. The zero-order valence-corrected chi connectivity index (χ0v) is 14.1. The molecule has 2 rings (SSSR count). The maximum Gasteiger partial charge on any atom is 0.410 e. The van der Waals surface area contributed by atoms with Crippen molar-refractivity contribution >= 4 is 6.09 Å². The smallest absolute Gasteiger partial charge is 0.410 e. The molecule has 1 aromatic rings. The van der Waals surface area contributed by atoms with Gasteiger partial charge in [-0.25, -0.2) is 4.79 Å². The maximum atomic E-state index is 12.1. The highest BCUT2D eigenvalue weighted by Crippen LogP contribution is 2.24. The van der Waals surface area contributed by atoms with E-state index in [4.69, 9.17) is 4.74 Å². The molecular formula is C17H27N3O2. The molecule has 22 heavy (non-hydrogen) atoms. The number of carbonyl (C=O) groups is 1. The third kappa shape index (κ3) is 4.44. The highest BCUT2D eigenvalue weighted by atomic mass is 16.6. The number of aromatic nitrogens is 1. The third-order valence-electron chi connectivity index (χ3n) is 3.82. The third-order valence-corrected chi connectivity index (χ3v) is 3.82. The Labute approximate surface area is 133 Å². The van der Waals surface area contributed by atoms with Gasteiger partial charge in [0, 0.05) is 32.4 Å². The van der Waals surface area contributed by atoms with E-state index in [9.17, 15) is 4.79 Å². The van der Waals surface area contributed by atoms with Crippen LogP contribution in [0.25, 0.3) is 0 Å². The van der Waals surface area contributed by atoms with Crippen LogP contribution in [0.15, 0.2) is 24.4 Å². The van der Waals surface area contributed by atoms with Crippen LogP contribution >= 0.6 is 0 Å². The highest BCUT2D eigenvalue weighted by Gasteiger charge is 2.29. The average Bonchev–Trinajstić information content (AvgIpc) is 2.48. The van der Waals surface area contributed by atoms with Crippen LogP contribution < -0.4 is 0 Å². The summed E-state index contributed by atoms with van der Waals surface area (Å²) >= 11 is 0. The Bertz CT molecular complexity index is 476. The van der Waals surface area contributed by atoms with Gasteiger partial charge in [0.25, 0.3) is 0 Å². The zero-order chi connectivity index (χ0) is 16.2. The molecule has 1 amide bonds. The largest absolute Gasteiger partial charge is 0.444 e. The first-order chi connectivity index (χ1) is 10.4. The summed E-state index contributed by atoms with van der Waals surface area (Å²) in [4.78, 5) is 20.8. The lowest BCUT2D eigenvalue weighted by molar-refractivity contribution is 0.00978. The van der Waals surface area contributed by atoms with Crippen LogP contribution in [0.5, 0.6) is 0 Å². The van der Waals surface area contributed by atoms with Gasteiger partial charge in [-0.05, 0) is 39.3 Å². The number of hydrogen-bond donors (Lipinski definition) is 0. The fourth-order valence-corrected chi connectivity index (χ4v) is 2.77. The molecule has 0 N–H and O–H groups in total. The van der Waals surface area contributed by atoms with E-state index in [1.54, 1.807) is 4.90 Å². The van der Waals surface area contributed by atoms with Crippen LogP contribution in [0, 0.1) is 0 Å². The quantitative estimate of drug-likeness (QED) is 0.861. The molecule has 0 unspecified atom stereocenters. The number of rotatable bonds is 3. The van der Waals surface area contributed by atoms with E-state index >= 15 is 0 Å². The maximum absolute atomic E-state index is 12.1. The Balaban J connectivity index is 1.92. The second kappa shape index (κ2) is 7.09. The van der Waals surface area contributed by atoms with Crippen molar-refractivity contribution in [2.45, 2.75) is 45.8 Å². The summed E-state index contributed by atoms with van der Waals surface area (Å²) in [6.07, 6.45) is 2.65. The molecular weight excluding hydrogens is 278 g/mol. The number of pyridine rings is 1. The summed E-state index contributed by atoms with van der Waals surface area (Å²) in [6, 6.07) is 6.37. The molecule has 2 heterocycles. The standard InChI is InChI=1S/C17H27N3O2/c1-5-15(14-8-6-7-9-18-14)19-10-12-20(13-11-19)16(21)22-17(2,3)4/h6-9,15H,5,10-13H2,1-4H3/t15-/m0/s1. The second-order valence-electron chi connectivity index (χ2n) is 6.68. The van der Waals surface area contributed by atoms with E-state index in [0.29, 0.717) is 19.1 Å². The van der Waals surface area contributed by atoms with Crippen molar-refractivity contribution < 1.29 is 9.53 Å². The molecule has 0 saturated carbocycles. The minimum atomic E-state index is -0.436. The van der Waals surface area contributed by atoms with Crippen LogP contribution in [0.1, 0.15) is 45.9 Å².